The standard InChI is InChI=1S/C19H22N2O3/c1-15-4-3-5-17(12-15)24-14-19(23-2)8-11-21(13-19)18(22)16-6-9-20-10-7-16/h3-7,9-10,12H,8,11,13-14H2,1-2H3/t19-/m0/s1. The minimum atomic E-state index is -0.466. The van der Waals surface area contributed by atoms with Crippen molar-refractivity contribution in [2.24, 2.45) is 0 Å². The molecule has 2 heterocycles. The molecule has 1 saturated heterocycles. The molecular formula is C19H22N2O3. The third-order valence-electron chi connectivity index (χ3n) is 4.46. The molecule has 1 fully saturated rings. The first kappa shape index (κ1) is 16.5. The molecule has 3 rings (SSSR count). The van der Waals surface area contributed by atoms with Gasteiger partial charge < -0.3 is 14.4 Å². The highest BCUT2D eigenvalue weighted by Gasteiger charge is 2.41. The molecule has 1 aliphatic rings. The van der Waals surface area contributed by atoms with Crippen LogP contribution in [-0.4, -0.2) is 48.2 Å². The number of likely N-dealkylation sites (tertiary alicyclic amines) is 1. The summed E-state index contributed by atoms with van der Waals surface area (Å²) >= 11 is 0. The van der Waals surface area contributed by atoms with Crippen LogP contribution in [-0.2, 0) is 4.74 Å². The van der Waals surface area contributed by atoms with Gasteiger partial charge in [0.25, 0.3) is 5.91 Å². The second kappa shape index (κ2) is 7.01. The average molecular weight is 326 g/mol. The quantitative estimate of drug-likeness (QED) is 0.848. The summed E-state index contributed by atoms with van der Waals surface area (Å²) in [6.07, 6.45) is 4.02. The lowest BCUT2D eigenvalue weighted by Crippen LogP contribution is -2.42. The predicted molar refractivity (Wildman–Crippen MR) is 91.2 cm³/mol. The molecule has 5 heteroatoms. The smallest absolute Gasteiger partial charge is 0.254 e. The van der Waals surface area contributed by atoms with Crippen molar-refractivity contribution < 1.29 is 14.3 Å². The van der Waals surface area contributed by atoms with Crippen LogP contribution in [0.25, 0.3) is 0 Å². The summed E-state index contributed by atoms with van der Waals surface area (Å²) in [7, 11) is 1.68. The number of amides is 1. The van der Waals surface area contributed by atoms with E-state index in [4.69, 9.17) is 9.47 Å². The molecule has 24 heavy (non-hydrogen) atoms. The third kappa shape index (κ3) is 3.57. The fourth-order valence-corrected chi connectivity index (χ4v) is 2.96. The van der Waals surface area contributed by atoms with Gasteiger partial charge in [0.15, 0.2) is 0 Å². The van der Waals surface area contributed by atoms with Gasteiger partial charge >= 0.3 is 0 Å². The molecule has 0 radical (unpaired) electrons. The number of benzene rings is 1. The van der Waals surface area contributed by atoms with E-state index in [1.807, 2.05) is 36.1 Å². The maximum Gasteiger partial charge on any atom is 0.254 e. The summed E-state index contributed by atoms with van der Waals surface area (Å²) in [5, 5.41) is 0. The van der Waals surface area contributed by atoms with E-state index in [-0.39, 0.29) is 5.91 Å². The second-order valence-electron chi connectivity index (χ2n) is 6.20. The number of carbonyl (C=O) groups is 1. The van der Waals surface area contributed by atoms with E-state index in [1.54, 1.807) is 31.6 Å². The normalized spacial score (nSPS) is 20.2. The molecule has 1 aliphatic heterocycles. The molecule has 1 aromatic heterocycles. The maximum atomic E-state index is 12.6. The second-order valence-corrected chi connectivity index (χ2v) is 6.20. The van der Waals surface area contributed by atoms with Gasteiger partial charge in [-0.25, -0.2) is 0 Å². The van der Waals surface area contributed by atoms with Crippen molar-refractivity contribution in [2.45, 2.75) is 18.9 Å². The first-order valence-corrected chi connectivity index (χ1v) is 8.06. The van der Waals surface area contributed by atoms with Gasteiger partial charge in [0.1, 0.15) is 18.0 Å². The summed E-state index contributed by atoms with van der Waals surface area (Å²) in [4.78, 5) is 18.3. The summed E-state index contributed by atoms with van der Waals surface area (Å²) in [5.74, 6) is 0.831. The molecule has 2 aromatic rings. The lowest BCUT2D eigenvalue weighted by molar-refractivity contribution is -0.0342. The Morgan fingerprint density at radius 1 is 1.29 bits per heavy atom. The number of rotatable bonds is 5. The lowest BCUT2D eigenvalue weighted by Gasteiger charge is -2.28. The molecule has 1 atom stereocenters. The molecule has 0 unspecified atom stereocenters. The van der Waals surface area contributed by atoms with Crippen molar-refractivity contribution in [3.8, 4) is 5.75 Å². The molecule has 0 N–H and O–H groups in total. The Balaban J connectivity index is 1.65. The predicted octanol–water partition coefficient (Wildman–Crippen LogP) is 2.70. The average Bonchev–Trinajstić information content (AvgIpc) is 3.05. The Hall–Kier alpha value is -2.40. The molecule has 1 amide bonds. The zero-order valence-corrected chi connectivity index (χ0v) is 14.1. The Bertz CT molecular complexity index is 705. The van der Waals surface area contributed by atoms with Crippen molar-refractivity contribution in [2.75, 3.05) is 26.8 Å². The number of hydrogen-bond donors (Lipinski definition) is 0. The molecule has 0 spiro atoms. The Morgan fingerprint density at radius 2 is 2.08 bits per heavy atom. The minimum absolute atomic E-state index is 0.00637. The topological polar surface area (TPSA) is 51.7 Å². The zero-order valence-electron chi connectivity index (χ0n) is 14.1. The van der Waals surface area contributed by atoms with Crippen molar-refractivity contribution in [3.63, 3.8) is 0 Å². The zero-order chi connectivity index (χ0) is 17.0. The number of aromatic nitrogens is 1. The Kier molecular flexibility index (Phi) is 4.81. The fraction of sp³-hybridized carbons (Fsp3) is 0.368. The largest absolute Gasteiger partial charge is 0.491 e. The number of methoxy groups -OCH3 is 1. The van der Waals surface area contributed by atoms with Gasteiger partial charge in [0, 0.05) is 31.6 Å². The van der Waals surface area contributed by atoms with E-state index in [9.17, 15) is 4.79 Å². The number of ether oxygens (including phenoxy) is 2. The Labute approximate surface area is 142 Å². The van der Waals surface area contributed by atoms with Crippen molar-refractivity contribution >= 4 is 5.91 Å². The molecule has 1 aromatic carbocycles. The van der Waals surface area contributed by atoms with Crippen LogP contribution in [0.1, 0.15) is 22.3 Å². The lowest BCUT2D eigenvalue weighted by atomic mass is 10.0. The molecule has 5 nitrogen and oxygen atoms in total. The number of nitrogens with zero attached hydrogens (tertiary/aromatic N) is 2. The first-order chi connectivity index (χ1) is 11.6. The van der Waals surface area contributed by atoms with E-state index in [0.717, 1.165) is 17.7 Å². The van der Waals surface area contributed by atoms with Crippen molar-refractivity contribution in [1.29, 1.82) is 0 Å². The first-order valence-electron chi connectivity index (χ1n) is 8.06. The van der Waals surface area contributed by atoms with Crippen LogP contribution in [0.4, 0.5) is 0 Å². The highest BCUT2D eigenvalue weighted by atomic mass is 16.5. The monoisotopic (exact) mass is 326 g/mol. The van der Waals surface area contributed by atoms with E-state index >= 15 is 0 Å². The van der Waals surface area contributed by atoms with Gasteiger partial charge in [-0.05, 0) is 43.2 Å². The van der Waals surface area contributed by atoms with Crippen LogP contribution in [0.5, 0.6) is 5.75 Å². The van der Waals surface area contributed by atoms with Gasteiger partial charge in [-0.3, -0.25) is 9.78 Å². The van der Waals surface area contributed by atoms with Gasteiger partial charge in [0.2, 0.25) is 0 Å². The summed E-state index contributed by atoms with van der Waals surface area (Å²) < 4.78 is 11.7. The van der Waals surface area contributed by atoms with E-state index in [0.29, 0.717) is 25.3 Å². The highest BCUT2D eigenvalue weighted by Crippen LogP contribution is 2.27. The number of carbonyl (C=O) groups excluding carboxylic acids is 1. The minimum Gasteiger partial charge on any atom is -0.491 e. The van der Waals surface area contributed by atoms with E-state index < -0.39 is 5.60 Å². The molecule has 126 valence electrons. The number of pyridine rings is 1. The van der Waals surface area contributed by atoms with Crippen LogP contribution in [0, 0.1) is 6.92 Å². The van der Waals surface area contributed by atoms with Crippen LogP contribution in [0.2, 0.25) is 0 Å². The molecule has 0 bridgehead atoms. The van der Waals surface area contributed by atoms with Crippen LogP contribution < -0.4 is 4.74 Å². The van der Waals surface area contributed by atoms with Gasteiger partial charge in [-0.15, -0.1) is 0 Å². The summed E-state index contributed by atoms with van der Waals surface area (Å²) in [6.45, 7) is 3.64. The fourth-order valence-electron chi connectivity index (χ4n) is 2.96. The number of hydrogen-bond acceptors (Lipinski definition) is 4. The van der Waals surface area contributed by atoms with Gasteiger partial charge in [-0.2, -0.15) is 0 Å². The molecule has 0 saturated carbocycles. The SMILES string of the molecule is CO[C@@]1(COc2cccc(C)c2)CCN(C(=O)c2ccncc2)C1. The van der Waals surface area contributed by atoms with Gasteiger partial charge in [0.05, 0.1) is 6.54 Å². The maximum absolute atomic E-state index is 12.6. The van der Waals surface area contributed by atoms with Gasteiger partial charge in [-0.1, -0.05) is 12.1 Å². The van der Waals surface area contributed by atoms with Crippen LogP contribution in [0.15, 0.2) is 48.8 Å². The summed E-state index contributed by atoms with van der Waals surface area (Å²) in [5.41, 5.74) is 1.34. The van der Waals surface area contributed by atoms with Crippen LogP contribution in [0.3, 0.4) is 0 Å². The molecular weight excluding hydrogens is 304 g/mol. The molecule has 0 aliphatic carbocycles. The summed E-state index contributed by atoms with van der Waals surface area (Å²) in [6, 6.07) is 11.4. The van der Waals surface area contributed by atoms with Crippen molar-refractivity contribution in [1.82, 2.24) is 9.88 Å². The van der Waals surface area contributed by atoms with Crippen LogP contribution >= 0.6 is 0 Å². The Morgan fingerprint density at radius 3 is 2.79 bits per heavy atom. The number of aryl methyl sites for hydroxylation is 1. The van der Waals surface area contributed by atoms with E-state index in [1.165, 1.54) is 0 Å². The third-order valence-corrected chi connectivity index (χ3v) is 4.46. The van der Waals surface area contributed by atoms with E-state index in [2.05, 4.69) is 4.98 Å². The highest BCUT2D eigenvalue weighted by molar-refractivity contribution is 5.94. The van der Waals surface area contributed by atoms with Crippen molar-refractivity contribution in [3.05, 3.63) is 59.9 Å².